The third kappa shape index (κ3) is 2.34. The summed E-state index contributed by atoms with van der Waals surface area (Å²) in [5, 5.41) is 12.7. The lowest BCUT2D eigenvalue weighted by Gasteiger charge is -2.27. The number of carboxylic acids is 1. The van der Waals surface area contributed by atoms with Crippen molar-refractivity contribution in [2.24, 2.45) is 5.92 Å². The molecule has 0 bridgehead atoms. The molecule has 3 unspecified atom stereocenters. The van der Waals surface area contributed by atoms with Crippen LogP contribution in [0.4, 0.5) is 0 Å². The zero-order chi connectivity index (χ0) is 13.3. The molecule has 1 fully saturated rings. The van der Waals surface area contributed by atoms with E-state index in [2.05, 4.69) is 12.2 Å². The standard InChI is InChI=1S/C14H19NO3/c1-9-8-12(9)15-14(2,13(16)17)10-4-6-11(18-3)7-5-10/h4-7,9,12,15H,8H2,1-3H3,(H,16,17). The smallest absolute Gasteiger partial charge is 0.328 e. The molecule has 2 rings (SSSR count). The average Bonchev–Trinajstić information content (AvgIpc) is 3.04. The number of rotatable bonds is 5. The normalized spacial score (nSPS) is 25.3. The van der Waals surface area contributed by atoms with Crippen molar-refractivity contribution >= 4 is 5.97 Å². The maximum atomic E-state index is 11.6. The summed E-state index contributed by atoms with van der Waals surface area (Å²) in [5.74, 6) is 0.431. The molecule has 1 aromatic rings. The first-order chi connectivity index (χ1) is 8.47. The van der Waals surface area contributed by atoms with Crippen LogP contribution >= 0.6 is 0 Å². The minimum Gasteiger partial charge on any atom is -0.497 e. The van der Waals surface area contributed by atoms with Crippen LogP contribution in [-0.2, 0) is 10.3 Å². The number of carboxylic acid groups (broad SMARTS) is 1. The van der Waals surface area contributed by atoms with Gasteiger partial charge < -0.3 is 9.84 Å². The Balaban J connectivity index is 2.24. The highest BCUT2D eigenvalue weighted by molar-refractivity contribution is 5.80. The van der Waals surface area contributed by atoms with Gasteiger partial charge in [0.25, 0.3) is 0 Å². The molecule has 1 aliphatic rings. The molecule has 18 heavy (non-hydrogen) atoms. The number of benzene rings is 1. The van der Waals surface area contributed by atoms with Crippen LogP contribution in [0.5, 0.6) is 5.75 Å². The quantitative estimate of drug-likeness (QED) is 0.838. The van der Waals surface area contributed by atoms with Gasteiger partial charge in [-0.25, -0.2) is 4.79 Å². The Hall–Kier alpha value is -1.55. The highest BCUT2D eigenvalue weighted by atomic mass is 16.5. The van der Waals surface area contributed by atoms with Crippen molar-refractivity contribution in [1.82, 2.24) is 5.32 Å². The minimum absolute atomic E-state index is 0.299. The molecule has 4 heteroatoms. The fraction of sp³-hybridized carbons (Fsp3) is 0.500. The van der Waals surface area contributed by atoms with E-state index in [0.717, 1.165) is 17.7 Å². The van der Waals surface area contributed by atoms with E-state index < -0.39 is 11.5 Å². The molecule has 0 heterocycles. The number of aliphatic carboxylic acids is 1. The Morgan fingerprint density at radius 1 is 1.44 bits per heavy atom. The SMILES string of the molecule is COc1ccc(C(C)(NC2CC2C)C(=O)O)cc1. The van der Waals surface area contributed by atoms with Gasteiger partial charge in [0.1, 0.15) is 11.3 Å². The molecule has 1 aromatic carbocycles. The largest absolute Gasteiger partial charge is 0.497 e. The topological polar surface area (TPSA) is 58.6 Å². The molecular formula is C14H19NO3. The first-order valence-electron chi connectivity index (χ1n) is 6.13. The van der Waals surface area contributed by atoms with E-state index in [4.69, 9.17) is 4.74 Å². The van der Waals surface area contributed by atoms with Crippen molar-refractivity contribution in [1.29, 1.82) is 0 Å². The van der Waals surface area contributed by atoms with Gasteiger partial charge in [-0.1, -0.05) is 19.1 Å². The zero-order valence-corrected chi connectivity index (χ0v) is 10.9. The van der Waals surface area contributed by atoms with Gasteiger partial charge in [0, 0.05) is 6.04 Å². The number of hydrogen-bond acceptors (Lipinski definition) is 3. The van der Waals surface area contributed by atoms with E-state index in [9.17, 15) is 9.90 Å². The van der Waals surface area contributed by atoms with Crippen LogP contribution in [0, 0.1) is 5.92 Å². The lowest BCUT2D eigenvalue weighted by atomic mass is 9.91. The highest BCUT2D eigenvalue weighted by Gasteiger charge is 2.43. The first-order valence-corrected chi connectivity index (χ1v) is 6.13. The molecule has 4 nitrogen and oxygen atoms in total. The molecule has 3 atom stereocenters. The van der Waals surface area contributed by atoms with Gasteiger partial charge in [-0.3, -0.25) is 5.32 Å². The molecule has 0 aliphatic heterocycles. The van der Waals surface area contributed by atoms with E-state index in [-0.39, 0.29) is 0 Å². The number of carbonyl (C=O) groups is 1. The third-order valence-corrected chi connectivity index (χ3v) is 3.68. The Bertz CT molecular complexity index is 443. The second-order valence-electron chi connectivity index (χ2n) is 5.12. The van der Waals surface area contributed by atoms with Gasteiger partial charge in [-0.15, -0.1) is 0 Å². The molecule has 98 valence electrons. The van der Waals surface area contributed by atoms with E-state index in [1.807, 2.05) is 0 Å². The van der Waals surface area contributed by atoms with Crippen LogP contribution in [0.25, 0.3) is 0 Å². The molecular weight excluding hydrogens is 230 g/mol. The summed E-state index contributed by atoms with van der Waals surface area (Å²) in [7, 11) is 1.59. The van der Waals surface area contributed by atoms with Crippen molar-refractivity contribution in [3.05, 3.63) is 29.8 Å². The van der Waals surface area contributed by atoms with Crippen LogP contribution in [0.15, 0.2) is 24.3 Å². The third-order valence-electron chi connectivity index (χ3n) is 3.68. The molecule has 0 spiro atoms. The average molecular weight is 249 g/mol. The fourth-order valence-electron chi connectivity index (χ4n) is 2.09. The molecule has 2 N–H and O–H groups in total. The van der Waals surface area contributed by atoms with E-state index in [1.165, 1.54) is 0 Å². The molecule has 0 saturated heterocycles. The van der Waals surface area contributed by atoms with Crippen molar-refractivity contribution in [3.8, 4) is 5.75 Å². The first kappa shape index (κ1) is 12.9. The molecule has 1 saturated carbocycles. The number of nitrogens with one attached hydrogen (secondary N) is 1. The minimum atomic E-state index is -1.04. The predicted molar refractivity (Wildman–Crippen MR) is 68.7 cm³/mol. The van der Waals surface area contributed by atoms with Crippen LogP contribution in [0.3, 0.4) is 0 Å². The fourth-order valence-corrected chi connectivity index (χ4v) is 2.09. The van der Waals surface area contributed by atoms with Crippen LogP contribution < -0.4 is 10.1 Å². The van der Waals surface area contributed by atoms with Crippen LogP contribution in [-0.4, -0.2) is 24.2 Å². The number of ether oxygens (including phenoxy) is 1. The van der Waals surface area contributed by atoms with Gasteiger partial charge in [0.05, 0.1) is 7.11 Å². The predicted octanol–water partition coefficient (Wildman–Crippen LogP) is 1.99. The van der Waals surface area contributed by atoms with Crippen molar-refractivity contribution < 1.29 is 14.6 Å². The summed E-state index contributed by atoms with van der Waals surface area (Å²) in [6, 6.07) is 7.47. The van der Waals surface area contributed by atoms with Gasteiger partial charge in [0.15, 0.2) is 0 Å². The van der Waals surface area contributed by atoms with Gasteiger partial charge in [0.2, 0.25) is 0 Å². The lowest BCUT2D eigenvalue weighted by molar-refractivity contribution is -0.144. The Morgan fingerprint density at radius 3 is 2.39 bits per heavy atom. The van der Waals surface area contributed by atoms with E-state index in [0.29, 0.717) is 12.0 Å². The molecule has 1 aliphatic carbocycles. The summed E-state index contributed by atoms with van der Waals surface area (Å²) in [4.78, 5) is 11.6. The second kappa shape index (κ2) is 4.61. The Kier molecular flexibility index (Phi) is 3.30. The van der Waals surface area contributed by atoms with Gasteiger partial charge in [-0.05, 0) is 37.0 Å². The number of methoxy groups -OCH3 is 1. The van der Waals surface area contributed by atoms with E-state index >= 15 is 0 Å². The Labute approximate surface area is 107 Å². The molecule has 0 aromatic heterocycles. The number of hydrogen-bond donors (Lipinski definition) is 2. The summed E-state index contributed by atoms with van der Waals surface area (Å²) in [5.41, 5.74) is -0.295. The van der Waals surface area contributed by atoms with Crippen molar-refractivity contribution in [2.45, 2.75) is 31.8 Å². The summed E-state index contributed by atoms with van der Waals surface area (Å²) >= 11 is 0. The second-order valence-corrected chi connectivity index (χ2v) is 5.12. The maximum Gasteiger partial charge on any atom is 0.328 e. The van der Waals surface area contributed by atoms with Crippen LogP contribution in [0.2, 0.25) is 0 Å². The monoisotopic (exact) mass is 249 g/mol. The van der Waals surface area contributed by atoms with Gasteiger partial charge >= 0.3 is 5.97 Å². The molecule has 0 amide bonds. The van der Waals surface area contributed by atoms with Gasteiger partial charge in [-0.2, -0.15) is 0 Å². The zero-order valence-electron chi connectivity index (χ0n) is 10.9. The summed E-state index contributed by atoms with van der Waals surface area (Å²) < 4.78 is 5.08. The van der Waals surface area contributed by atoms with Crippen LogP contribution in [0.1, 0.15) is 25.8 Å². The van der Waals surface area contributed by atoms with Crippen molar-refractivity contribution in [3.63, 3.8) is 0 Å². The Morgan fingerprint density at radius 2 is 2.00 bits per heavy atom. The maximum absolute atomic E-state index is 11.6. The summed E-state index contributed by atoms with van der Waals surface area (Å²) in [6.45, 7) is 3.83. The lowest BCUT2D eigenvalue weighted by Crippen LogP contribution is -2.48. The van der Waals surface area contributed by atoms with E-state index in [1.54, 1.807) is 38.3 Å². The summed E-state index contributed by atoms with van der Waals surface area (Å²) in [6.07, 6.45) is 1.04. The van der Waals surface area contributed by atoms with Crippen molar-refractivity contribution in [2.75, 3.05) is 7.11 Å². The highest BCUT2D eigenvalue weighted by Crippen LogP contribution is 2.34. The molecule has 0 radical (unpaired) electrons.